The van der Waals surface area contributed by atoms with Crippen LogP contribution in [0, 0.1) is 0 Å². The zero-order valence-corrected chi connectivity index (χ0v) is 17.6. The molecule has 1 amide bonds. The Labute approximate surface area is 189 Å². The predicted octanol–water partition coefficient (Wildman–Crippen LogP) is 4.21. The Morgan fingerprint density at radius 3 is 2.58 bits per heavy atom. The van der Waals surface area contributed by atoms with E-state index in [2.05, 4.69) is 20.4 Å². The maximum atomic E-state index is 11.3. The summed E-state index contributed by atoms with van der Waals surface area (Å²) in [4.78, 5) is 20.1. The number of ether oxygens (including phenoxy) is 1. The molecule has 0 spiro atoms. The molecule has 0 saturated heterocycles. The molecule has 0 aliphatic carbocycles. The number of nitrogens with two attached hydrogens (primary N) is 1. The highest BCUT2D eigenvalue weighted by atomic mass is 16.5. The van der Waals surface area contributed by atoms with Crippen LogP contribution >= 0.6 is 0 Å². The van der Waals surface area contributed by atoms with Crippen LogP contribution in [0.4, 0.5) is 11.5 Å². The summed E-state index contributed by atoms with van der Waals surface area (Å²) >= 11 is 0. The zero-order chi connectivity index (χ0) is 22.6. The molecule has 0 fully saturated rings. The van der Waals surface area contributed by atoms with Crippen molar-refractivity contribution in [3.8, 4) is 17.0 Å². The first-order valence-electron chi connectivity index (χ1n) is 10.3. The van der Waals surface area contributed by atoms with Gasteiger partial charge in [0.15, 0.2) is 0 Å². The van der Waals surface area contributed by atoms with Gasteiger partial charge in [0.1, 0.15) is 24.5 Å². The molecule has 2 aromatic heterocycles. The first-order valence-corrected chi connectivity index (χ1v) is 10.3. The van der Waals surface area contributed by atoms with E-state index in [4.69, 9.17) is 10.5 Å². The number of carbonyl (C=O) groups excluding carboxylic acids is 1. The smallest absolute Gasteiger partial charge is 0.254 e. The molecule has 8 nitrogen and oxygen atoms in total. The quantitative estimate of drug-likeness (QED) is 0.396. The van der Waals surface area contributed by atoms with Gasteiger partial charge in [0.2, 0.25) is 5.91 Å². The van der Waals surface area contributed by atoms with E-state index in [1.165, 1.54) is 6.33 Å². The van der Waals surface area contributed by atoms with Gasteiger partial charge in [-0.15, -0.1) is 0 Å². The second-order valence-electron chi connectivity index (χ2n) is 7.37. The predicted molar refractivity (Wildman–Crippen MR) is 125 cm³/mol. The molecule has 8 heteroatoms. The van der Waals surface area contributed by atoms with Crippen molar-refractivity contribution < 1.29 is 9.53 Å². The normalized spacial score (nSPS) is 10.8. The third-order valence-corrected chi connectivity index (χ3v) is 5.07. The number of rotatable bonds is 7. The molecule has 0 bridgehead atoms. The Hall–Kier alpha value is -4.72. The first-order chi connectivity index (χ1) is 16.2. The Kier molecular flexibility index (Phi) is 5.38. The fourth-order valence-corrected chi connectivity index (χ4v) is 3.43. The molecule has 3 aromatic carbocycles. The Balaban J connectivity index is 1.44. The number of carbonyl (C=O) groups is 1. The van der Waals surface area contributed by atoms with Crippen LogP contribution < -0.4 is 15.8 Å². The summed E-state index contributed by atoms with van der Waals surface area (Å²) in [6.07, 6.45) is 1.47. The molecule has 33 heavy (non-hydrogen) atoms. The molecule has 3 N–H and O–H groups in total. The van der Waals surface area contributed by atoms with E-state index < -0.39 is 5.91 Å². The van der Waals surface area contributed by atoms with E-state index in [-0.39, 0.29) is 0 Å². The lowest BCUT2D eigenvalue weighted by Crippen LogP contribution is -2.10. The summed E-state index contributed by atoms with van der Waals surface area (Å²) in [5.41, 5.74) is 9.33. The largest absolute Gasteiger partial charge is 0.489 e. The SMILES string of the molecule is NC(=O)c1ccc(Nc2cc(-c3cccc(OCc4ccccc4)c3)n3ncnc3n2)cc1. The molecular formula is C25H20N6O2. The zero-order valence-electron chi connectivity index (χ0n) is 17.6. The average molecular weight is 436 g/mol. The lowest BCUT2D eigenvalue weighted by Gasteiger charge is -2.11. The summed E-state index contributed by atoms with van der Waals surface area (Å²) < 4.78 is 7.67. The monoisotopic (exact) mass is 436 g/mol. The van der Waals surface area contributed by atoms with Crippen LogP contribution in [0.15, 0.2) is 91.3 Å². The highest BCUT2D eigenvalue weighted by Crippen LogP contribution is 2.27. The van der Waals surface area contributed by atoms with Crippen LogP contribution in [0.3, 0.4) is 0 Å². The minimum Gasteiger partial charge on any atom is -0.489 e. The molecule has 0 radical (unpaired) electrons. The lowest BCUT2D eigenvalue weighted by molar-refractivity contribution is 0.100. The van der Waals surface area contributed by atoms with Gasteiger partial charge in [-0.3, -0.25) is 4.79 Å². The van der Waals surface area contributed by atoms with Crippen molar-refractivity contribution in [3.63, 3.8) is 0 Å². The third kappa shape index (κ3) is 4.49. The van der Waals surface area contributed by atoms with Gasteiger partial charge in [-0.25, -0.2) is 0 Å². The van der Waals surface area contributed by atoms with Crippen LogP contribution in [-0.4, -0.2) is 25.5 Å². The summed E-state index contributed by atoms with van der Waals surface area (Å²) in [6, 6.07) is 26.6. The minimum absolute atomic E-state index is 0.439. The van der Waals surface area contributed by atoms with E-state index in [1.54, 1.807) is 28.8 Å². The lowest BCUT2D eigenvalue weighted by atomic mass is 10.1. The van der Waals surface area contributed by atoms with Crippen molar-refractivity contribution in [2.24, 2.45) is 5.73 Å². The summed E-state index contributed by atoms with van der Waals surface area (Å²) in [5, 5.41) is 7.57. The Morgan fingerprint density at radius 1 is 0.970 bits per heavy atom. The highest BCUT2D eigenvalue weighted by molar-refractivity contribution is 5.93. The number of amides is 1. The van der Waals surface area contributed by atoms with Crippen molar-refractivity contribution in [1.29, 1.82) is 0 Å². The molecular weight excluding hydrogens is 416 g/mol. The van der Waals surface area contributed by atoms with Crippen LogP contribution in [0.1, 0.15) is 15.9 Å². The first kappa shape index (κ1) is 20.2. The Bertz CT molecular complexity index is 1410. The molecule has 5 rings (SSSR count). The average Bonchev–Trinajstić information content (AvgIpc) is 3.32. The van der Waals surface area contributed by atoms with E-state index in [0.29, 0.717) is 23.8 Å². The fourth-order valence-electron chi connectivity index (χ4n) is 3.43. The van der Waals surface area contributed by atoms with Crippen molar-refractivity contribution >= 4 is 23.2 Å². The number of primary amides is 1. The van der Waals surface area contributed by atoms with E-state index >= 15 is 0 Å². The molecule has 162 valence electrons. The Morgan fingerprint density at radius 2 is 1.79 bits per heavy atom. The topological polar surface area (TPSA) is 107 Å². The molecule has 0 aliphatic heterocycles. The van der Waals surface area contributed by atoms with Gasteiger partial charge in [-0.05, 0) is 42.0 Å². The standard InChI is InChI=1S/C25H20N6O2/c26-24(32)18-9-11-20(12-10-18)29-23-14-22(31-25(30-23)27-16-28-31)19-7-4-8-21(13-19)33-15-17-5-2-1-3-6-17/h1-14,16H,15H2,(H2,26,32)(H,27,28,29,30). The van der Waals surface area contributed by atoms with Crippen molar-refractivity contribution in [1.82, 2.24) is 19.6 Å². The van der Waals surface area contributed by atoms with Crippen molar-refractivity contribution in [3.05, 3.63) is 102 Å². The maximum Gasteiger partial charge on any atom is 0.254 e. The molecule has 0 aliphatic rings. The summed E-state index contributed by atoms with van der Waals surface area (Å²) in [6.45, 7) is 0.480. The van der Waals surface area contributed by atoms with Crippen molar-refractivity contribution in [2.75, 3.05) is 5.32 Å². The van der Waals surface area contributed by atoms with Crippen molar-refractivity contribution in [2.45, 2.75) is 6.61 Å². The van der Waals surface area contributed by atoms with Crippen LogP contribution in [-0.2, 0) is 6.61 Å². The van der Waals surface area contributed by atoms with Gasteiger partial charge in [0, 0.05) is 22.9 Å². The summed E-state index contributed by atoms with van der Waals surface area (Å²) in [5.74, 6) is 1.33. The van der Waals surface area contributed by atoms with Crippen LogP contribution in [0.2, 0.25) is 0 Å². The second kappa shape index (κ2) is 8.80. The highest BCUT2D eigenvalue weighted by Gasteiger charge is 2.11. The van der Waals surface area contributed by atoms with Gasteiger partial charge >= 0.3 is 0 Å². The van der Waals surface area contributed by atoms with Gasteiger partial charge in [-0.1, -0.05) is 42.5 Å². The summed E-state index contributed by atoms with van der Waals surface area (Å²) in [7, 11) is 0. The third-order valence-electron chi connectivity index (χ3n) is 5.07. The molecule has 0 unspecified atom stereocenters. The van der Waals surface area contributed by atoms with E-state index in [1.807, 2.05) is 60.7 Å². The fraction of sp³-hybridized carbons (Fsp3) is 0.0400. The number of fused-ring (bicyclic) bond motifs is 1. The number of hydrogen-bond donors (Lipinski definition) is 2. The number of aromatic nitrogens is 4. The number of benzene rings is 3. The maximum absolute atomic E-state index is 11.3. The second-order valence-corrected chi connectivity index (χ2v) is 7.37. The number of anilines is 2. The minimum atomic E-state index is -0.471. The van der Waals surface area contributed by atoms with Gasteiger partial charge in [-0.2, -0.15) is 19.6 Å². The van der Waals surface area contributed by atoms with Gasteiger partial charge in [0.25, 0.3) is 5.78 Å². The van der Waals surface area contributed by atoms with E-state index in [0.717, 1.165) is 28.3 Å². The molecule has 0 saturated carbocycles. The number of nitrogens with one attached hydrogen (secondary N) is 1. The molecule has 5 aromatic rings. The van der Waals surface area contributed by atoms with E-state index in [9.17, 15) is 4.79 Å². The molecule has 2 heterocycles. The number of hydrogen-bond acceptors (Lipinski definition) is 6. The number of nitrogens with zero attached hydrogens (tertiary/aromatic N) is 4. The van der Waals surface area contributed by atoms with Gasteiger partial charge in [0.05, 0.1) is 5.69 Å². The molecule has 0 atom stereocenters. The van der Waals surface area contributed by atoms with Crippen LogP contribution in [0.5, 0.6) is 5.75 Å². The van der Waals surface area contributed by atoms with Gasteiger partial charge < -0.3 is 15.8 Å². The van der Waals surface area contributed by atoms with Crippen LogP contribution in [0.25, 0.3) is 17.0 Å².